The summed E-state index contributed by atoms with van der Waals surface area (Å²) in [5.41, 5.74) is 0.870. The Morgan fingerprint density at radius 3 is 2.88 bits per heavy atom. The monoisotopic (exact) mass is 288 g/mol. The fourth-order valence-electron chi connectivity index (χ4n) is 1.41. The quantitative estimate of drug-likeness (QED) is 0.865. The van der Waals surface area contributed by atoms with Gasteiger partial charge in [-0.15, -0.1) is 0 Å². The maximum Gasteiger partial charge on any atom is 0.146 e. The molecule has 2 rings (SSSR count). The summed E-state index contributed by atoms with van der Waals surface area (Å²) in [5, 5.41) is 8.73. The SMILES string of the molecule is N#CCc1ccccc1Oc1cncc(Br)c1. The smallest absolute Gasteiger partial charge is 0.146 e. The number of benzene rings is 1. The number of pyridine rings is 1. The van der Waals surface area contributed by atoms with Crippen LogP contribution in [0.2, 0.25) is 0 Å². The van der Waals surface area contributed by atoms with Crippen molar-refractivity contribution in [1.29, 1.82) is 5.26 Å². The van der Waals surface area contributed by atoms with Crippen molar-refractivity contribution in [2.75, 3.05) is 0 Å². The van der Waals surface area contributed by atoms with Crippen LogP contribution >= 0.6 is 15.9 Å². The van der Waals surface area contributed by atoms with Gasteiger partial charge in [-0.2, -0.15) is 5.26 Å². The Kier molecular flexibility index (Phi) is 3.73. The number of rotatable bonds is 3. The second-order valence-electron chi connectivity index (χ2n) is 3.38. The van der Waals surface area contributed by atoms with Crippen LogP contribution in [0.4, 0.5) is 0 Å². The zero-order valence-electron chi connectivity index (χ0n) is 8.93. The molecule has 1 heterocycles. The van der Waals surface area contributed by atoms with Gasteiger partial charge in [-0.1, -0.05) is 18.2 Å². The predicted octanol–water partition coefficient (Wildman–Crippen LogP) is 3.70. The maximum atomic E-state index is 8.73. The van der Waals surface area contributed by atoms with Gasteiger partial charge in [-0.25, -0.2) is 0 Å². The average Bonchev–Trinajstić information content (AvgIpc) is 2.32. The third kappa shape index (κ3) is 3.05. The Morgan fingerprint density at radius 1 is 1.29 bits per heavy atom. The van der Waals surface area contributed by atoms with E-state index in [4.69, 9.17) is 10.00 Å². The first kappa shape index (κ1) is 11.6. The largest absolute Gasteiger partial charge is 0.455 e. The van der Waals surface area contributed by atoms with E-state index in [0.29, 0.717) is 17.9 Å². The van der Waals surface area contributed by atoms with Crippen molar-refractivity contribution in [3.8, 4) is 17.6 Å². The molecule has 0 bridgehead atoms. The molecule has 0 aliphatic rings. The molecule has 0 aliphatic heterocycles. The minimum Gasteiger partial charge on any atom is -0.455 e. The van der Waals surface area contributed by atoms with Gasteiger partial charge in [0.05, 0.1) is 18.7 Å². The number of halogens is 1. The van der Waals surface area contributed by atoms with Crippen LogP contribution in [0.3, 0.4) is 0 Å². The fourth-order valence-corrected chi connectivity index (χ4v) is 1.75. The topological polar surface area (TPSA) is 45.9 Å². The van der Waals surface area contributed by atoms with Crippen molar-refractivity contribution >= 4 is 15.9 Å². The van der Waals surface area contributed by atoms with E-state index in [0.717, 1.165) is 10.0 Å². The summed E-state index contributed by atoms with van der Waals surface area (Å²) in [7, 11) is 0. The van der Waals surface area contributed by atoms with E-state index in [1.807, 2.05) is 30.3 Å². The molecule has 1 aromatic heterocycles. The summed E-state index contributed by atoms with van der Waals surface area (Å²) < 4.78 is 6.55. The molecule has 3 nitrogen and oxygen atoms in total. The van der Waals surface area contributed by atoms with Gasteiger partial charge in [0.25, 0.3) is 0 Å². The second kappa shape index (κ2) is 5.46. The van der Waals surface area contributed by atoms with Gasteiger partial charge < -0.3 is 4.74 Å². The molecular weight excluding hydrogens is 280 g/mol. The van der Waals surface area contributed by atoms with Crippen LogP contribution in [0, 0.1) is 11.3 Å². The van der Waals surface area contributed by atoms with E-state index in [1.54, 1.807) is 12.4 Å². The van der Waals surface area contributed by atoms with Crippen molar-refractivity contribution in [3.63, 3.8) is 0 Å². The number of nitriles is 1. The molecule has 2 aromatic rings. The number of ether oxygens (including phenoxy) is 1. The molecule has 4 heteroatoms. The highest BCUT2D eigenvalue weighted by Crippen LogP contribution is 2.26. The molecule has 0 saturated heterocycles. The molecule has 0 amide bonds. The molecule has 0 spiro atoms. The van der Waals surface area contributed by atoms with Crippen LogP contribution in [0.15, 0.2) is 47.2 Å². The lowest BCUT2D eigenvalue weighted by molar-refractivity contribution is 0.475. The predicted molar refractivity (Wildman–Crippen MR) is 67.8 cm³/mol. The zero-order valence-corrected chi connectivity index (χ0v) is 10.5. The molecule has 84 valence electrons. The second-order valence-corrected chi connectivity index (χ2v) is 4.30. The zero-order chi connectivity index (χ0) is 12.1. The van der Waals surface area contributed by atoms with E-state index in [1.165, 1.54) is 0 Å². The number of hydrogen-bond acceptors (Lipinski definition) is 3. The summed E-state index contributed by atoms with van der Waals surface area (Å²) >= 11 is 3.33. The number of nitrogens with zero attached hydrogens (tertiary/aromatic N) is 2. The van der Waals surface area contributed by atoms with Crippen molar-refractivity contribution in [1.82, 2.24) is 4.98 Å². The minimum absolute atomic E-state index is 0.331. The highest BCUT2D eigenvalue weighted by molar-refractivity contribution is 9.10. The minimum atomic E-state index is 0.331. The van der Waals surface area contributed by atoms with E-state index in [-0.39, 0.29) is 0 Å². The Morgan fingerprint density at radius 2 is 2.12 bits per heavy atom. The number of aromatic nitrogens is 1. The van der Waals surface area contributed by atoms with E-state index >= 15 is 0 Å². The third-order valence-electron chi connectivity index (χ3n) is 2.15. The van der Waals surface area contributed by atoms with Crippen molar-refractivity contribution in [2.45, 2.75) is 6.42 Å². The Hall–Kier alpha value is -1.86. The van der Waals surface area contributed by atoms with Crippen molar-refractivity contribution in [3.05, 3.63) is 52.8 Å². The first-order valence-electron chi connectivity index (χ1n) is 5.03. The molecule has 0 N–H and O–H groups in total. The fraction of sp³-hybridized carbons (Fsp3) is 0.0769. The van der Waals surface area contributed by atoms with Gasteiger partial charge in [0.15, 0.2) is 0 Å². The van der Waals surface area contributed by atoms with E-state index < -0.39 is 0 Å². The van der Waals surface area contributed by atoms with Gasteiger partial charge >= 0.3 is 0 Å². The molecule has 0 aliphatic carbocycles. The summed E-state index contributed by atoms with van der Waals surface area (Å²) in [6.07, 6.45) is 3.65. The van der Waals surface area contributed by atoms with Gasteiger partial charge in [-0.3, -0.25) is 4.98 Å². The molecule has 0 fully saturated rings. The van der Waals surface area contributed by atoms with Gasteiger partial charge in [0, 0.05) is 16.2 Å². The summed E-state index contributed by atoms with van der Waals surface area (Å²) in [5.74, 6) is 1.33. The average molecular weight is 289 g/mol. The van der Waals surface area contributed by atoms with E-state index in [2.05, 4.69) is 27.0 Å². The number of hydrogen-bond donors (Lipinski definition) is 0. The molecule has 0 radical (unpaired) electrons. The molecule has 0 saturated carbocycles. The molecular formula is C13H9BrN2O. The molecule has 0 atom stereocenters. The van der Waals surface area contributed by atoms with Gasteiger partial charge in [-0.05, 0) is 28.1 Å². The maximum absolute atomic E-state index is 8.73. The third-order valence-corrected chi connectivity index (χ3v) is 2.58. The highest BCUT2D eigenvalue weighted by Gasteiger charge is 2.04. The normalized spacial score (nSPS) is 9.65. The summed E-state index contributed by atoms with van der Waals surface area (Å²) in [6, 6.07) is 11.4. The molecule has 0 unspecified atom stereocenters. The Labute approximate surface area is 108 Å². The van der Waals surface area contributed by atoms with Crippen molar-refractivity contribution in [2.24, 2.45) is 0 Å². The Balaban J connectivity index is 2.27. The van der Waals surface area contributed by atoms with Crippen LogP contribution in [-0.4, -0.2) is 4.98 Å². The van der Waals surface area contributed by atoms with Crippen LogP contribution in [0.5, 0.6) is 11.5 Å². The number of para-hydroxylation sites is 1. The summed E-state index contributed by atoms with van der Waals surface area (Å²) in [6.45, 7) is 0. The first-order chi connectivity index (χ1) is 8.29. The Bertz CT molecular complexity index is 563. The van der Waals surface area contributed by atoms with Crippen LogP contribution in [0.1, 0.15) is 5.56 Å². The first-order valence-corrected chi connectivity index (χ1v) is 5.82. The standard InChI is InChI=1S/C13H9BrN2O/c14-11-7-12(9-16-8-11)17-13-4-2-1-3-10(13)5-6-15/h1-4,7-9H,5H2. The van der Waals surface area contributed by atoms with Gasteiger partial charge in [0.2, 0.25) is 0 Å². The van der Waals surface area contributed by atoms with Crippen molar-refractivity contribution < 1.29 is 4.74 Å². The lowest BCUT2D eigenvalue weighted by Crippen LogP contribution is -1.91. The lowest BCUT2D eigenvalue weighted by Gasteiger charge is -2.08. The van der Waals surface area contributed by atoms with Gasteiger partial charge in [0.1, 0.15) is 11.5 Å². The highest BCUT2D eigenvalue weighted by atomic mass is 79.9. The van der Waals surface area contributed by atoms with E-state index in [9.17, 15) is 0 Å². The lowest BCUT2D eigenvalue weighted by atomic mass is 10.1. The molecule has 1 aromatic carbocycles. The van der Waals surface area contributed by atoms with Crippen LogP contribution in [-0.2, 0) is 6.42 Å². The van der Waals surface area contributed by atoms with Crippen LogP contribution < -0.4 is 4.74 Å². The summed E-state index contributed by atoms with van der Waals surface area (Å²) in [4.78, 5) is 4.02. The molecule has 17 heavy (non-hydrogen) atoms. The van der Waals surface area contributed by atoms with Crippen LogP contribution in [0.25, 0.3) is 0 Å².